The minimum Gasteiger partial charge on any atom is -0.336 e. The van der Waals surface area contributed by atoms with E-state index >= 15 is 0 Å². The molecule has 1 fully saturated rings. The van der Waals surface area contributed by atoms with Crippen LogP contribution in [0.3, 0.4) is 0 Å². The van der Waals surface area contributed by atoms with Gasteiger partial charge in [-0.2, -0.15) is 0 Å². The lowest BCUT2D eigenvalue weighted by Gasteiger charge is -2.14. The molecule has 0 atom stereocenters. The van der Waals surface area contributed by atoms with Gasteiger partial charge in [0.25, 0.3) is 5.91 Å². The van der Waals surface area contributed by atoms with Crippen LogP contribution in [-0.4, -0.2) is 25.0 Å². The number of rotatable bonds is 3. The smallest absolute Gasteiger partial charge is 0.321 e. The molecule has 1 heterocycles. The second kappa shape index (κ2) is 6.07. The largest absolute Gasteiger partial charge is 0.336 e. The van der Waals surface area contributed by atoms with Gasteiger partial charge in [-0.15, -0.1) is 0 Å². The molecule has 5 nitrogen and oxygen atoms in total. The van der Waals surface area contributed by atoms with Gasteiger partial charge >= 0.3 is 6.03 Å². The first-order valence-electron chi connectivity index (χ1n) is 6.86. The summed E-state index contributed by atoms with van der Waals surface area (Å²) in [7, 11) is 0. The van der Waals surface area contributed by atoms with E-state index in [0.29, 0.717) is 29.4 Å². The first-order chi connectivity index (χ1) is 10.6. The first-order valence-corrected chi connectivity index (χ1v) is 7.24. The van der Waals surface area contributed by atoms with Crippen molar-refractivity contribution in [1.29, 1.82) is 0 Å². The van der Waals surface area contributed by atoms with Crippen LogP contribution >= 0.6 is 11.6 Å². The number of para-hydroxylation sites is 1. The number of nitrogens with one attached hydrogen (secondary N) is 2. The lowest BCUT2D eigenvalue weighted by Crippen LogP contribution is -2.27. The standard InChI is InChI=1S/C16H14ClN3O2/c17-13-3-1-2-4-14(13)19-15(21)11-5-7-12(8-6-11)20-10-9-18-16(20)22/h1-8H,9-10H2,(H,18,22)(H,19,21). The number of nitrogens with zero attached hydrogens (tertiary/aromatic N) is 1. The van der Waals surface area contributed by atoms with Gasteiger partial charge < -0.3 is 10.6 Å². The fourth-order valence-electron chi connectivity index (χ4n) is 2.27. The Morgan fingerprint density at radius 1 is 1.14 bits per heavy atom. The second-order valence-electron chi connectivity index (χ2n) is 4.86. The monoisotopic (exact) mass is 315 g/mol. The SMILES string of the molecule is O=C(Nc1ccccc1Cl)c1ccc(N2CCNC2=O)cc1. The summed E-state index contributed by atoms with van der Waals surface area (Å²) < 4.78 is 0. The van der Waals surface area contributed by atoms with Crippen LogP contribution in [0.15, 0.2) is 48.5 Å². The zero-order chi connectivity index (χ0) is 15.5. The Kier molecular flexibility index (Phi) is 3.98. The van der Waals surface area contributed by atoms with Crippen LogP contribution in [0.25, 0.3) is 0 Å². The minimum absolute atomic E-state index is 0.117. The van der Waals surface area contributed by atoms with Gasteiger partial charge in [-0.3, -0.25) is 9.69 Å². The quantitative estimate of drug-likeness (QED) is 0.914. The van der Waals surface area contributed by atoms with Crippen LogP contribution in [0.5, 0.6) is 0 Å². The molecule has 2 N–H and O–H groups in total. The van der Waals surface area contributed by atoms with Crippen LogP contribution in [0.4, 0.5) is 16.2 Å². The normalized spacial score (nSPS) is 13.9. The van der Waals surface area contributed by atoms with Gasteiger partial charge in [0.1, 0.15) is 0 Å². The Morgan fingerprint density at radius 3 is 2.50 bits per heavy atom. The van der Waals surface area contributed by atoms with Gasteiger partial charge in [-0.05, 0) is 36.4 Å². The molecule has 112 valence electrons. The molecule has 0 unspecified atom stereocenters. The molecular weight excluding hydrogens is 302 g/mol. The third-order valence-electron chi connectivity index (χ3n) is 3.42. The highest BCUT2D eigenvalue weighted by Crippen LogP contribution is 2.22. The fraction of sp³-hybridized carbons (Fsp3) is 0.125. The fourth-order valence-corrected chi connectivity index (χ4v) is 2.45. The van der Waals surface area contributed by atoms with Crippen molar-refractivity contribution >= 4 is 34.9 Å². The molecule has 1 aliphatic rings. The number of halogens is 1. The molecule has 3 rings (SSSR count). The summed E-state index contributed by atoms with van der Waals surface area (Å²) in [5, 5.41) is 5.99. The number of carbonyl (C=O) groups is 2. The van der Waals surface area contributed by atoms with Crippen LogP contribution < -0.4 is 15.5 Å². The average molecular weight is 316 g/mol. The molecule has 0 radical (unpaired) electrons. The van der Waals surface area contributed by atoms with E-state index in [4.69, 9.17) is 11.6 Å². The van der Waals surface area contributed by atoms with Gasteiger partial charge in [0.05, 0.1) is 10.7 Å². The van der Waals surface area contributed by atoms with Crippen molar-refractivity contribution in [2.24, 2.45) is 0 Å². The summed E-state index contributed by atoms with van der Waals surface area (Å²) in [5.74, 6) is -0.245. The molecule has 0 aromatic heterocycles. The lowest BCUT2D eigenvalue weighted by atomic mass is 10.1. The second-order valence-corrected chi connectivity index (χ2v) is 5.27. The van der Waals surface area contributed by atoms with Gasteiger partial charge in [-0.25, -0.2) is 4.79 Å². The molecule has 6 heteroatoms. The number of carbonyl (C=O) groups excluding carboxylic acids is 2. The van der Waals surface area contributed by atoms with Crippen molar-refractivity contribution in [1.82, 2.24) is 5.32 Å². The van der Waals surface area contributed by atoms with E-state index in [0.717, 1.165) is 5.69 Å². The molecule has 1 aliphatic heterocycles. The lowest BCUT2D eigenvalue weighted by molar-refractivity contribution is 0.102. The average Bonchev–Trinajstić information content (AvgIpc) is 2.96. The van der Waals surface area contributed by atoms with Gasteiger partial charge in [0.15, 0.2) is 0 Å². The molecule has 0 spiro atoms. The van der Waals surface area contributed by atoms with Gasteiger partial charge in [0.2, 0.25) is 0 Å². The highest BCUT2D eigenvalue weighted by atomic mass is 35.5. The van der Waals surface area contributed by atoms with Crippen molar-refractivity contribution in [3.05, 3.63) is 59.1 Å². The van der Waals surface area contributed by atoms with Crippen molar-refractivity contribution < 1.29 is 9.59 Å². The molecule has 22 heavy (non-hydrogen) atoms. The summed E-state index contributed by atoms with van der Waals surface area (Å²) in [6, 6.07) is 13.8. The molecule has 2 aromatic rings. The van der Waals surface area contributed by atoms with Crippen molar-refractivity contribution in [3.63, 3.8) is 0 Å². The maximum Gasteiger partial charge on any atom is 0.321 e. The Morgan fingerprint density at radius 2 is 1.86 bits per heavy atom. The van der Waals surface area contributed by atoms with Gasteiger partial charge in [0, 0.05) is 24.3 Å². The van der Waals surface area contributed by atoms with E-state index in [2.05, 4.69) is 10.6 Å². The van der Waals surface area contributed by atoms with E-state index < -0.39 is 0 Å². The predicted octanol–water partition coefficient (Wildman–Crippen LogP) is 3.12. The van der Waals surface area contributed by atoms with Crippen LogP contribution in [0.1, 0.15) is 10.4 Å². The molecule has 0 saturated carbocycles. The third kappa shape index (κ3) is 2.89. The Labute approximate surface area is 132 Å². The molecule has 0 bridgehead atoms. The topological polar surface area (TPSA) is 61.4 Å². The van der Waals surface area contributed by atoms with Gasteiger partial charge in [-0.1, -0.05) is 23.7 Å². The van der Waals surface area contributed by atoms with E-state index in [1.54, 1.807) is 53.4 Å². The molecule has 0 aliphatic carbocycles. The summed E-state index contributed by atoms with van der Waals surface area (Å²) in [6.07, 6.45) is 0. The van der Waals surface area contributed by atoms with Crippen LogP contribution in [0, 0.1) is 0 Å². The molecule has 1 saturated heterocycles. The summed E-state index contributed by atoms with van der Waals surface area (Å²) in [6.45, 7) is 1.26. The van der Waals surface area contributed by atoms with Crippen molar-refractivity contribution in [3.8, 4) is 0 Å². The third-order valence-corrected chi connectivity index (χ3v) is 3.75. The van der Waals surface area contributed by atoms with E-state index in [1.165, 1.54) is 0 Å². The maximum absolute atomic E-state index is 12.2. The van der Waals surface area contributed by atoms with E-state index in [1.807, 2.05) is 0 Å². The Balaban J connectivity index is 1.74. The molecule has 2 aromatic carbocycles. The highest BCUT2D eigenvalue weighted by molar-refractivity contribution is 6.33. The number of benzene rings is 2. The highest BCUT2D eigenvalue weighted by Gasteiger charge is 2.21. The summed E-state index contributed by atoms with van der Waals surface area (Å²) in [5.41, 5.74) is 1.84. The minimum atomic E-state index is -0.245. The van der Waals surface area contributed by atoms with Crippen LogP contribution in [-0.2, 0) is 0 Å². The van der Waals surface area contributed by atoms with Crippen LogP contribution in [0.2, 0.25) is 5.02 Å². The van der Waals surface area contributed by atoms with E-state index in [9.17, 15) is 9.59 Å². The first kappa shape index (κ1) is 14.4. The zero-order valence-corrected chi connectivity index (χ0v) is 12.4. The molecular formula is C16H14ClN3O2. The molecule has 3 amide bonds. The summed E-state index contributed by atoms with van der Waals surface area (Å²) in [4.78, 5) is 25.4. The van der Waals surface area contributed by atoms with Crippen molar-refractivity contribution in [2.75, 3.05) is 23.3 Å². The predicted molar refractivity (Wildman–Crippen MR) is 86.6 cm³/mol. The summed E-state index contributed by atoms with van der Waals surface area (Å²) >= 11 is 6.02. The number of amides is 3. The number of hydrogen-bond acceptors (Lipinski definition) is 2. The number of hydrogen-bond donors (Lipinski definition) is 2. The maximum atomic E-state index is 12.2. The van der Waals surface area contributed by atoms with Crippen molar-refractivity contribution in [2.45, 2.75) is 0 Å². The number of urea groups is 1. The Bertz CT molecular complexity index is 716. The number of anilines is 2. The Hall–Kier alpha value is -2.53. The zero-order valence-electron chi connectivity index (χ0n) is 11.7. The van der Waals surface area contributed by atoms with E-state index in [-0.39, 0.29) is 11.9 Å².